The molecule has 33 heavy (non-hydrogen) atoms. The molecule has 0 saturated carbocycles. The van der Waals surface area contributed by atoms with Gasteiger partial charge in [0, 0.05) is 29.1 Å². The van der Waals surface area contributed by atoms with Gasteiger partial charge < -0.3 is 9.73 Å². The molecule has 2 aromatic carbocycles. The summed E-state index contributed by atoms with van der Waals surface area (Å²) >= 11 is 7.15. The number of amides is 3. The van der Waals surface area contributed by atoms with Crippen LogP contribution in [0, 0.1) is 0 Å². The van der Waals surface area contributed by atoms with Gasteiger partial charge in [-0.3, -0.25) is 9.69 Å². The van der Waals surface area contributed by atoms with Crippen LogP contribution in [0.2, 0.25) is 5.02 Å². The molecule has 2 aromatic heterocycles. The molecule has 8 nitrogen and oxygen atoms in total. The second-order valence-electron chi connectivity index (χ2n) is 7.43. The number of pyridine rings is 1. The highest BCUT2D eigenvalue weighted by molar-refractivity contribution is 8.00. The molecule has 5 rings (SSSR count). The topological polar surface area (TPSA) is 101 Å². The molecule has 0 spiro atoms. The average Bonchev–Trinajstić information content (AvgIpc) is 3.47. The van der Waals surface area contributed by atoms with Gasteiger partial charge in [-0.2, -0.15) is 0 Å². The Morgan fingerprint density at radius 3 is 2.73 bits per heavy atom. The van der Waals surface area contributed by atoms with Crippen molar-refractivity contribution < 1.29 is 14.0 Å². The van der Waals surface area contributed by atoms with E-state index in [9.17, 15) is 9.59 Å². The molecule has 1 saturated heterocycles. The number of urea groups is 1. The minimum Gasteiger partial charge on any atom is -0.411 e. The van der Waals surface area contributed by atoms with Crippen molar-refractivity contribution in [1.29, 1.82) is 0 Å². The maximum absolute atomic E-state index is 12.6. The van der Waals surface area contributed by atoms with Crippen LogP contribution in [-0.2, 0) is 4.79 Å². The van der Waals surface area contributed by atoms with Crippen LogP contribution < -0.4 is 5.32 Å². The Morgan fingerprint density at radius 1 is 1.18 bits per heavy atom. The van der Waals surface area contributed by atoms with Gasteiger partial charge in [0.05, 0.1) is 22.0 Å². The molecule has 10 heteroatoms. The number of aromatic nitrogens is 3. The molecule has 1 N–H and O–H groups in total. The second kappa shape index (κ2) is 8.84. The number of benzene rings is 2. The molecule has 1 aliphatic heterocycles. The molecular formula is C23H18ClN5O3S. The summed E-state index contributed by atoms with van der Waals surface area (Å²) in [4.78, 5) is 30.3. The van der Waals surface area contributed by atoms with E-state index in [1.807, 2.05) is 54.6 Å². The summed E-state index contributed by atoms with van der Waals surface area (Å²) in [5, 5.41) is 12.2. The minimum atomic E-state index is -0.555. The lowest BCUT2D eigenvalue weighted by atomic mass is 10.0. The smallest absolute Gasteiger partial charge is 0.324 e. The van der Waals surface area contributed by atoms with Gasteiger partial charge in [-0.25, -0.2) is 9.78 Å². The van der Waals surface area contributed by atoms with Crippen LogP contribution in [0.3, 0.4) is 0 Å². The van der Waals surface area contributed by atoms with Crippen LogP contribution in [0.15, 0.2) is 64.2 Å². The standard InChI is InChI=1S/C23H18ClN5O3S/c1-13(21(30)29-11-10-25-22(29)31)33-23-28-27-20(32-23)17-12-19(14-6-8-15(24)9-7-14)26-18-5-3-2-4-16(17)18/h2-9,12-13H,10-11H2,1H3,(H,25,31)/t13-/m0/s1. The lowest BCUT2D eigenvalue weighted by Gasteiger charge is -2.15. The van der Waals surface area contributed by atoms with Crippen molar-refractivity contribution >= 4 is 46.2 Å². The van der Waals surface area contributed by atoms with E-state index in [0.29, 0.717) is 24.0 Å². The van der Waals surface area contributed by atoms with Crippen molar-refractivity contribution in [3.8, 4) is 22.7 Å². The fourth-order valence-electron chi connectivity index (χ4n) is 3.59. The normalized spacial score (nSPS) is 14.5. The number of halogens is 1. The predicted octanol–water partition coefficient (Wildman–Crippen LogP) is 4.64. The first-order valence-electron chi connectivity index (χ1n) is 10.2. The van der Waals surface area contributed by atoms with Crippen molar-refractivity contribution in [2.24, 2.45) is 0 Å². The van der Waals surface area contributed by atoms with E-state index in [4.69, 9.17) is 21.0 Å². The lowest BCUT2D eigenvalue weighted by molar-refractivity contribution is -0.126. The van der Waals surface area contributed by atoms with Gasteiger partial charge in [0.15, 0.2) is 0 Å². The Bertz CT molecular complexity index is 1360. The summed E-state index contributed by atoms with van der Waals surface area (Å²) in [6.07, 6.45) is 0. The summed E-state index contributed by atoms with van der Waals surface area (Å²) in [6, 6.07) is 16.7. The Morgan fingerprint density at radius 2 is 1.97 bits per heavy atom. The molecule has 1 fully saturated rings. The molecule has 1 aliphatic rings. The number of nitrogens with zero attached hydrogens (tertiary/aromatic N) is 4. The van der Waals surface area contributed by atoms with Crippen molar-refractivity contribution in [3.63, 3.8) is 0 Å². The molecule has 166 valence electrons. The summed E-state index contributed by atoms with van der Waals surface area (Å²) in [6.45, 7) is 2.52. The highest BCUT2D eigenvalue weighted by Gasteiger charge is 2.31. The number of carbonyl (C=O) groups excluding carboxylic acids is 2. The first kappa shape index (κ1) is 21.4. The van der Waals surface area contributed by atoms with E-state index in [0.717, 1.165) is 39.5 Å². The van der Waals surface area contributed by atoms with Crippen LogP contribution in [0.4, 0.5) is 4.79 Å². The number of hydrogen-bond donors (Lipinski definition) is 1. The van der Waals surface area contributed by atoms with Crippen molar-refractivity contribution in [2.45, 2.75) is 17.4 Å². The Balaban J connectivity index is 1.46. The van der Waals surface area contributed by atoms with Crippen LogP contribution in [0.1, 0.15) is 6.92 Å². The molecular weight excluding hydrogens is 462 g/mol. The van der Waals surface area contributed by atoms with Gasteiger partial charge in [0.25, 0.3) is 5.22 Å². The molecule has 0 radical (unpaired) electrons. The number of rotatable bonds is 5. The van der Waals surface area contributed by atoms with Crippen molar-refractivity contribution in [1.82, 2.24) is 25.4 Å². The van der Waals surface area contributed by atoms with E-state index in [1.165, 1.54) is 4.90 Å². The zero-order chi connectivity index (χ0) is 22.9. The van der Waals surface area contributed by atoms with E-state index >= 15 is 0 Å². The van der Waals surface area contributed by atoms with E-state index < -0.39 is 5.25 Å². The quantitative estimate of drug-likeness (QED) is 0.416. The van der Waals surface area contributed by atoms with E-state index in [-0.39, 0.29) is 17.2 Å². The first-order chi connectivity index (χ1) is 16.0. The molecule has 4 aromatic rings. The number of nitrogens with one attached hydrogen (secondary N) is 1. The third-order valence-electron chi connectivity index (χ3n) is 5.24. The van der Waals surface area contributed by atoms with Gasteiger partial charge in [-0.05, 0) is 31.2 Å². The minimum absolute atomic E-state index is 0.249. The summed E-state index contributed by atoms with van der Waals surface area (Å²) in [7, 11) is 0. The largest absolute Gasteiger partial charge is 0.411 e. The molecule has 1 atom stereocenters. The van der Waals surface area contributed by atoms with E-state index in [1.54, 1.807) is 6.92 Å². The number of para-hydroxylation sites is 1. The molecule has 3 heterocycles. The predicted molar refractivity (Wildman–Crippen MR) is 126 cm³/mol. The lowest BCUT2D eigenvalue weighted by Crippen LogP contribution is -2.38. The van der Waals surface area contributed by atoms with Crippen LogP contribution in [0.5, 0.6) is 0 Å². The number of thioether (sulfide) groups is 1. The fourth-order valence-corrected chi connectivity index (χ4v) is 4.46. The Labute approximate surface area is 198 Å². The average molecular weight is 480 g/mol. The zero-order valence-electron chi connectivity index (χ0n) is 17.5. The van der Waals surface area contributed by atoms with Gasteiger partial charge in [-0.15, -0.1) is 10.2 Å². The van der Waals surface area contributed by atoms with Gasteiger partial charge in [0.1, 0.15) is 0 Å². The van der Waals surface area contributed by atoms with Gasteiger partial charge in [-0.1, -0.05) is 53.7 Å². The van der Waals surface area contributed by atoms with Crippen LogP contribution >= 0.6 is 23.4 Å². The third kappa shape index (κ3) is 4.29. The second-order valence-corrected chi connectivity index (χ2v) is 9.16. The molecule has 0 unspecified atom stereocenters. The summed E-state index contributed by atoms with van der Waals surface area (Å²) in [5.41, 5.74) is 3.18. The van der Waals surface area contributed by atoms with Crippen LogP contribution in [-0.4, -0.2) is 50.4 Å². The first-order valence-corrected chi connectivity index (χ1v) is 11.5. The Kier molecular flexibility index (Phi) is 5.74. The zero-order valence-corrected chi connectivity index (χ0v) is 19.1. The van der Waals surface area contributed by atoms with Crippen molar-refractivity contribution in [2.75, 3.05) is 13.1 Å². The molecule has 0 bridgehead atoms. The Hall–Kier alpha value is -3.43. The number of carbonyl (C=O) groups is 2. The number of imide groups is 1. The highest BCUT2D eigenvalue weighted by Crippen LogP contribution is 2.34. The van der Waals surface area contributed by atoms with Crippen LogP contribution in [0.25, 0.3) is 33.6 Å². The van der Waals surface area contributed by atoms with E-state index in [2.05, 4.69) is 15.5 Å². The fraction of sp³-hybridized carbons (Fsp3) is 0.174. The van der Waals surface area contributed by atoms with Crippen molar-refractivity contribution in [3.05, 3.63) is 59.6 Å². The summed E-state index contributed by atoms with van der Waals surface area (Å²) in [5.74, 6) is 0.0269. The monoisotopic (exact) mass is 479 g/mol. The van der Waals surface area contributed by atoms with Gasteiger partial charge in [0.2, 0.25) is 11.8 Å². The van der Waals surface area contributed by atoms with Gasteiger partial charge >= 0.3 is 6.03 Å². The maximum Gasteiger partial charge on any atom is 0.324 e. The highest BCUT2D eigenvalue weighted by atomic mass is 35.5. The number of fused-ring (bicyclic) bond motifs is 1. The SMILES string of the molecule is C[C@H](Sc1nnc(-c2cc(-c3ccc(Cl)cc3)nc3ccccc23)o1)C(=O)N1CCNC1=O. The third-order valence-corrected chi connectivity index (χ3v) is 6.41. The molecule has 0 aliphatic carbocycles. The summed E-state index contributed by atoms with van der Waals surface area (Å²) < 4.78 is 5.92. The molecule has 3 amide bonds. The number of hydrogen-bond acceptors (Lipinski definition) is 7. The maximum atomic E-state index is 12.6.